The summed E-state index contributed by atoms with van der Waals surface area (Å²) in [6, 6.07) is 0. The second-order valence-electron chi connectivity index (χ2n) is 4.45. The summed E-state index contributed by atoms with van der Waals surface area (Å²) in [4.78, 5) is 0. The fourth-order valence-electron chi connectivity index (χ4n) is 1.46. The van der Waals surface area contributed by atoms with Crippen molar-refractivity contribution in [3.05, 3.63) is 0 Å². The molecule has 0 saturated heterocycles. The second kappa shape index (κ2) is 7.79. The highest BCUT2D eigenvalue weighted by Crippen LogP contribution is 2.07. The summed E-state index contributed by atoms with van der Waals surface area (Å²) >= 11 is 8.65. The van der Waals surface area contributed by atoms with Crippen molar-refractivity contribution in [2.24, 2.45) is 5.73 Å². The van der Waals surface area contributed by atoms with Crippen LogP contribution in [-0.4, -0.2) is 49.4 Å². The van der Waals surface area contributed by atoms with Gasteiger partial charge >= 0.3 is 0 Å². The van der Waals surface area contributed by atoms with Gasteiger partial charge in [-0.3, -0.25) is 5.32 Å². The zero-order chi connectivity index (χ0) is 12.7. The normalized spacial score (nSPS) is 19.1. The zero-order valence-electron chi connectivity index (χ0n) is 10.5. The highest BCUT2D eigenvalue weighted by Gasteiger charge is 2.27. The van der Waals surface area contributed by atoms with Gasteiger partial charge in [0.2, 0.25) is 0 Å². The molecule has 0 aliphatic rings. The predicted octanol–water partition coefficient (Wildman–Crippen LogP) is -0.322. The maximum Gasteiger partial charge on any atom is 0.0880 e. The van der Waals surface area contributed by atoms with Crippen LogP contribution in [0.4, 0.5) is 0 Å². The van der Waals surface area contributed by atoms with E-state index in [1.807, 2.05) is 7.05 Å². The van der Waals surface area contributed by atoms with Gasteiger partial charge in [0.25, 0.3) is 0 Å². The number of likely N-dealkylation sites (N-methyl/N-ethyl adjacent to an activating group) is 2. The SMILES string of the molecule is CCN[C@](C)(CS)CNC(N)(CS)CNC. The van der Waals surface area contributed by atoms with Gasteiger partial charge in [0, 0.05) is 30.1 Å². The molecule has 0 aromatic heterocycles. The average molecular weight is 266 g/mol. The van der Waals surface area contributed by atoms with Gasteiger partial charge in [0.05, 0.1) is 5.66 Å². The summed E-state index contributed by atoms with van der Waals surface area (Å²) in [7, 11) is 1.88. The summed E-state index contributed by atoms with van der Waals surface area (Å²) in [5, 5.41) is 9.83. The van der Waals surface area contributed by atoms with Gasteiger partial charge in [-0.05, 0) is 20.5 Å². The summed E-state index contributed by atoms with van der Waals surface area (Å²) in [5.41, 5.74) is 5.65. The molecule has 0 bridgehead atoms. The minimum atomic E-state index is -0.475. The lowest BCUT2D eigenvalue weighted by molar-refractivity contribution is 0.297. The Hall–Kier alpha value is 0.540. The summed E-state index contributed by atoms with van der Waals surface area (Å²) in [5.74, 6) is 1.35. The van der Waals surface area contributed by atoms with E-state index >= 15 is 0 Å². The van der Waals surface area contributed by atoms with Crippen molar-refractivity contribution >= 4 is 25.3 Å². The van der Waals surface area contributed by atoms with Crippen LogP contribution >= 0.6 is 25.3 Å². The molecule has 0 aliphatic heterocycles. The van der Waals surface area contributed by atoms with Crippen molar-refractivity contribution in [2.75, 3.05) is 38.2 Å². The van der Waals surface area contributed by atoms with Crippen LogP contribution in [0.25, 0.3) is 0 Å². The fraction of sp³-hybridized carbons (Fsp3) is 1.00. The maximum atomic E-state index is 6.16. The van der Waals surface area contributed by atoms with Crippen molar-refractivity contribution in [1.82, 2.24) is 16.0 Å². The van der Waals surface area contributed by atoms with E-state index in [0.29, 0.717) is 12.3 Å². The van der Waals surface area contributed by atoms with Crippen LogP contribution in [0.3, 0.4) is 0 Å². The van der Waals surface area contributed by atoms with E-state index in [1.165, 1.54) is 0 Å². The summed E-state index contributed by atoms with van der Waals surface area (Å²) < 4.78 is 0. The molecule has 0 amide bonds. The van der Waals surface area contributed by atoms with E-state index in [9.17, 15) is 0 Å². The number of nitrogens with one attached hydrogen (secondary N) is 3. The maximum absolute atomic E-state index is 6.16. The zero-order valence-corrected chi connectivity index (χ0v) is 12.3. The number of nitrogens with two attached hydrogens (primary N) is 1. The lowest BCUT2D eigenvalue weighted by Gasteiger charge is -2.36. The first-order chi connectivity index (χ1) is 7.45. The quantitative estimate of drug-likeness (QED) is 0.256. The van der Waals surface area contributed by atoms with Crippen LogP contribution in [0.2, 0.25) is 0 Å². The minimum Gasteiger partial charge on any atom is -0.317 e. The molecule has 1 unspecified atom stereocenters. The number of hydrogen-bond donors (Lipinski definition) is 6. The van der Waals surface area contributed by atoms with Gasteiger partial charge in [-0.2, -0.15) is 25.3 Å². The first kappa shape index (κ1) is 16.5. The molecule has 0 radical (unpaired) electrons. The predicted molar refractivity (Wildman–Crippen MR) is 78.6 cm³/mol. The van der Waals surface area contributed by atoms with E-state index in [-0.39, 0.29) is 5.54 Å². The minimum absolute atomic E-state index is 0.0425. The number of thiol groups is 2. The molecule has 0 aliphatic carbocycles. The number of hydrogen-bond acceptors (Lipinski definition) is 6. The Morgan fingerprint density at radius 1 is 1.12 bits per heavy atom. The Morgan fingerprint density at radius 2 is 1.75 bits per heavy atom. The Kier molecular flexibility index (Phi) is 8.05. The topological polar surface area (TPSA) is 62.1 Å². The van der Waals surface area contributed by atoms with E-state index in [4.69, 9.17) is 5.73 Å². The Morgan fingerprint density at radius 3 is 2.12 bits per heavy atom. The average Bonchev–Trinajstić information content (AvgIpc) is 2.27. The van der Waals surface area contributed by atoms with Crippen molar-refractivity contribution in [3.8, 4) is 0 Å². The molecule has 5 N–H and O–H groups in total. The van der Waals surface area contributed by atoms with Crippen LogP contribution < -0.4 is 21.7 Å². The third-order valence-electron chi connectivity index (χ3n) is 2.56. The molecule has 0 rings (SSSR count). The second-order valence-corrected chi connectivity index (χ2v) is 5.08. The molecule has 0 heterocycles. The third-order valence-corrected chi connectivity index (χ3v) is 3.82. The smallest absolute Gasteiger partial charge is 0.0880 e. The molecule has 6 heteroatoms. The fourth-order valence-corrected chi connectivity index (χ4v) is 1.91. The van der Waals surface area contributed by atoms with Crippen molar-refractivity contribution in [1.29, 1.82) is 0 Å². The van der Waals surface area contributed by atoms with Crippen molar-refractivity contribution < 1.29 is 0 Å². The molecular formula is C10H26N4S2. The molecule has 0 saturated carbocycles. The Labute approximate surface area is 110 Å². The lowest BCUT2D eigenvalue weighted by Crippen LogP contribution is -2.65. The molecule has 0 aromatic rings. The van der Waals surface area contributed by atoms with Crippen LogP contribution in [0.15, 0.2) is 0 Å². The Balaban J connectivity index is 4.26. The van der Waals surface area contributed by atoms with E-state index in [1.54, 1.807) is 0 Å². The van der Waals surface area contributed by atoms with Crippen molar-refractivity contribution in [3.63, 3.8) is 0 Å². The van der Waals surface area contributed by atoms with Crippen LogP contribution in [0.1, 0.15) is 13.8 Å². The molecule has 0 spiro atoms. The summed E-state index contributed by atoms with van der Waals surface area (Å²) in [6.45, 7) is 6.59. The molecule has 98 valence electrons. The van der Waals surface area contributed by atoms with Gasteiger partial charge < -0.3 is 16.4 Å². The summed E-state index contributed by atoms with van der Waals surface area (Å²) in [6.07, 6.45) is 0. The van der Waals surface area contributed by atoms with Gasteiger partial charge in [-0.1, -0.05) is 6.92 Å². The third kappa shape index (κ3) is 5.75. The van der Waals surface area contributed by atoms with Crippen LogP contribution in [0, 0.1) is 0 Å². The molecule has 16 heavy (non-hydrogen) atoms. The molecule has 2 atom stereocenters. The molecular weight excluding hydrogens is 240 g/mol. The van der Waals surface area contributed by atoms with Gasteiger partial charge in [0.15, 0.2) is 0 Å². The van der Waals surface area contributed by atoms with E-state index < -0.39 is 5.66 Å². The van der Waals surface area contributed by atoms with Gasteiger partial charge in [-0.25, -0.2) is 0 Å². The highest BCUT2D eigenvalue weighted by molar-refractivity contribution is 7.80. The Bertz CT molecular complexity index is 174. The standard InChI is InChI=1S/C10H26N4S2/c1-4-13-9(2,7-15)5-14-10(11,8-16)6-12-3/h12-16H,4-8,11H2,1-3H3/t9-,10?/m0/s1. The van der Waals surface area contributed by atoms with Crippen LogP contribution in [-0.2, 0) is 0 Å². The van der Waals surface area contributed by atoms with Crippen molar-refractivity contribution in [2.45, 2.75) is 25.0 Å². The first-order valence-corrected chi connectivity index (χ1v) is 6.87. The number of rotatable bonds is 9. The van der Waals surface area contributed by atoms with Gasteiger partial charge in [0.1, 0.15) is 0 Å². The van der Waals surface area contributed by atoms with Crippen LogP contribution in [0.5, 0.6) is 0 Å². The largest absolute Gasteiger partial charge is 0.317 e. The highest BCUT2D eigenvalue weighted by atomic mass is 32.1. The lowest BCUT2D eigenvalue weighted by atomic mass is 10.0. The van der Waals surface area contributed by atoms with Gasteiger partial charge in [-0.15, -0.1) is 0 Å². The molecule has 0 fully saturated rings. The van der Waals surface area contributed by atoms with E-state index in [2.05, 4.69) is 55.1 Å². The molecule has 4 nitrogen and oxygen atoms in total. The monoisotopic (exact) mass is 266 g/mol. The first-order valence-electron chi connectivity index (χ1n) is 5.60. The van der Waals surface area contributed by atoms with E-state index in [0.717, 1.165) is 18.8 Å². The molecule has 0 aromatic carbocycles.